The van der Waals surface area contributed by atoms with Crippen molar-refractivity contribution in [2.24, 2.45) is 5.41 Å². The summed E-state index contributed by atoms with van der Waals surface area (Å²) in [6, 6.07) is 11.2. The van der Waals surface area contributed by atoms with Gasteiger partial charge in [0.15, 0.2) is 0 Å². The molecular weight excluding hydrogens is 244 g/mol. The first-order valence-corrected chi connectivity index (χ1v) is 7.81. The van der Waals surface area contributed by atoms with Gasteiger partial charge in [0.05, 0.1) is 5.52 Å². The van der Waals surface area contributed by atoms with E-state index < -0.39 is 0 Å². The van der Waals surface area contributed by atoms with Crippen molar-refractivity contribution in [2.75, 3.05) is 6.54 Å². The highest BCUT2D eigenvalue weighted by Gasteiger charge is 2.38. The normalized spacial score (nSPS) is 19.3. The molecule has 0 saturated heterocycles. The quantitative estimate of drug-likeness (QED) is 0.885. The minimum Gasteiger partial charge on any atom is -0.310 e. The number of nitrogens with one attached hydrogen (secondary N) is 1. The average molecular weight is 268 g/mol. The molecule has 2 heteroatoms. The van der Waals surface area contributed by atoms with E-state index in [1.165, 1.54) is 36.6 Å². The zero-order valence-corrected chi connectivity index (χ0v) is 12.5. The van der Waals surface area contributed by atoms with Gasteiger partial charge in [0.2, 0.25) is 0 Å². The van der Waals surface area contributed by atoms with Gasteiger partial charge in [-0.2, -0.15) is 0 Å². The van der Waals surface area contributed by atoms with Crippen molar-refractivity contribution in [1.29, 1.82) is 0 Å². The van der Waals surface area contributed by atoms with Gasteiger partial charge in [-0.3, -0.25) is 4.98 Å². The molecule has 0 aliphatic heterocycles. The predicted octanol–water partition coefficient (Wildman–Crippen LogP) is 4.47. The molecule has 3 rings (SSSR count). The lowest BCUT2D eigenvalue weighted by Crippen LogP contribution is -2.34. The third kappa shape index (κ3) is 2.33. The van der Waals surface area contributed by atoms with Crippen molar-refractivity contribution < 1.29 is 0 Å². The number of benzene rings is 1. The molecule has 1 fully saturated rings. The van der Waals surface area contributed by atoms with Crippen molar-refractivity contribution in [3.8, 4) is 0 Å². The first-order chi connectivity index (χ1) is 9.74. The molecule has 0 bridgehead atoms. The van der Waals surface area contributed by atoms with Crippen LogP contribution in [0.15, 0.2) is 36.5 Å². The number of para-hydroxylation sites is 1. The fourth-order valence-corrected chi connectivity index (χ4v) is 3.77. The van der Waals surface area contributed by atoms with Crippen LogP contribution < -0.4 is 5.32 Å². The summed E-state index contributed by atoms with van der Waals surface area (Å²) < 4.78 is 0. The number of hydrogen-bond donors (Lipinski definition) is 1. The van der Waals surface area contributed by atoms with Crippen LogP contribution in [0.25, 0.3) is 10.9 Å². The SMILES string of the molecule is CCNC(c1cccc2cccnc12)C1(C)CCCC1. The molecule has 1 atom stereocenters. The standard InChI is InChI=1S/C18H24N2/c1-3-19-17(18(2)11-4-5-12-18)15-10-6-8-14-9-7-13-20-16(14)15/h6-10,13,17,19H,3-5,11-12H2,1-2H3. The van der Waals surface area contributed by atoms with Gasteiger partial charge < -0.3 is 5.32 Å². The van der Waals surface area contributed by atoms with Crippen LogP contribution >= 0.6 is 0 Å². The van der Waals surface area contributed by atoms with Gasteiger partial charge >= 0.3 is 0 Å². The highest BCUT2D eigenvalue weighted by molar-refractivity contribution is 5.82. The molecule has 20 heavy (non-hydrogen) atoms. The van der Waals surface area contributed by atoms with E-state index in [9.17, 15) is 0 Å². The fourth-order valence-electron chi connectivity index (χ4n) is 3.77. The Morgan fingerprint density at radius 3 is 2.70 bits per heavy atom. The minimum atomic E-state index is 0.363. The van der Waals surface area contributed by atoms with Crippen molar-refractivity contribution in [3.05, 3.63) is 42.1 Å². The van der Waals surface area contributed by atoms with Crippen LogP contribution in [0, 0.1) is 5.41 Å². The first kappa shape index (κ1) is 13.6. The number of hydrogen-bond acceptors (Lipinski definition) is 2. The lowest BCUT2D eigenvalue weighted by Gasteiger charge is -2.35. The molecule has 1 N–H and O–H groups in total. The van der Waals surface area contributed by atoms with Gasteiger partial charge in [-0.25, -0.2) is 0 Å². The lowest BCUT2D eigenvalue weighted by atomic mass is 9.76. The number of aromatic nitrogens is 1. The minimum absolute atomic E-state index is 0.363. The molecule has 2 aromatic rings. The molecule has 1 aromatic heterocycles. The smallest absolute Gasteiger partial charge is 0.0749 e. The highest BCUT2D eigenvalue weighted by Crippen LogP contribution is 2.48. The Kier molecular flexibility index (Phi) is 3.75. The molecule has 0 radical (unpaired) electrons. The monoisotopic (exact) mass is 268 g/mol. The third-order valence-electron chi connectivity index (χ3n) is 4.83. The molecular formula is C18H24N2. The Morgan fingerprint density at radius 2 is 1.95 bits per heavy atom. The number of nitrogens with zero attached hydrogens (tertiary/aromatic N) is 1. The Labute approximate surface area is 121 Å². The first-order valence-electron chi connectivity index (χ1n) is 7.81. The average Bonchev–Trinajstić information content (AvgIpc) is 2.92. The maximum absolute atomic E-state index is 4.65. The molecule has 106 valence electrons. The van der Waals surface area contributed by atoms with Gasteiger partial charge in [-0.15, -0.1) is 0 Å². The van der Waals surface area contributed by atoms with Crippen molar-refractivity contribution >= 4 is 10.9 Å². The Hall–Kier alpha value is -1.41. The topological polar surface area (TPSA) is 24.9 Å². The summed E-state index contributed by atoms with van der Waals surface area (Å²) >= 11 is 0. The van der Waals surface area contributed by atoms with Crippen LogP contribution in [0.4, 0.5) is 0 Å². The van der Waals surface area contributed by atoms with Crippen LogP contribution in [-0.4, -0.2) is 11.5 Å². The van der Waals surface area contributed by atoms with Crippen molar-refractivity contribution in [1.82, 2.24) is 10.3 Å². The van der Waals surface area contributed by atoms with Gasteiger partial charge in [-0.05, 0) is 36.4 Å². The summed E-state index contributed by atoms with van der Waals surface area (Å²) in [6.45, 7) is 5.64. The molecule has 2 nitrogen and oxygen atoms in total. The summed E-state index contributed by atoms with van der Waals surface area (Å²) in [5.74, 6) is 0. The largest absolute Gasteiger partial charge is 0.310 e. The second kappa shape index (κ2) is 5.53. The zero-order chi connectivity index (χ0) is 14.0. The maximum atomic E-state index is 4.65. The van der Waals surface area contributed by atoms with E-state index in [1.54, 1.807) is 0 Å². The molecule has 1 saturated carbocycles. The summed E-state index contributed by atoms with van der Waals surface area (Å²) in [5.41, 5.74) is 2.89. The van der Waals surface area contributed by atoms with Gasteiger partial charge in [0.25, 0.3) is 0 Å². The van der Waals surface area contributed by atoms with Gasteiger partial charge in [0.1, 0.15) is 0 Å². The molecule has 1 unspecified atom stereocenters. The molecule has 1 aromatic carbocycles. The fraction of sp³-hybridized carbons (Fsp3) is 0.500. The van der Waals surface area contributed by atoms with Crippen molar-refractivity contribution in [2.45, 2.75) is 45.6 Å². The van der Waals surface area contributed by atoms with E-state index in [4.69, 9.17) is 0 Å². The van der Waals surface area contributed by atoms with E-state index in [-0.39, 0.29) is 0 Å². The van der Waals surface area contributed by atoms with Crippen molar-refractivity contribution in [3.63, 3.8) is 0 Å². The molecule has 1 heterocycles. The molecule has 1 aliphatic carbocycles. The molecule has 1 aliphatic rings. The van der Waals surface area contributed by atoms with Crippen LogP contribution in [0.5, 0.6) is 0 Å². The van der Waals surface area contributed by atoms with E-state index in [2.05, 4.69) is 48.4 Å². The third-order valence-corrected chi connectivity index (χ3v) is 4.83. The van der Waals surface area contributed by atoms with Gasteiger partial charge in [-0.1, -0.05) is 51.0 Å². The Morgan fingerprint density at radius 1 is 1.20 bits per heavy atom. The van der Waals surface area contributed by atoms with E-state index in [1.807, 2.05) is 12.3 Å². The van der Waals surface area contributed by atoms with Crippen LogP contribution in [0.1, 0.15) is 51.1 Å². The number of pyridine rings is 1. The van der Waals surface area contributed by atoms with Gasteiger partial charge in [0, 0.05) is 17.6 Å². The maximum Gasteiger partial charge on any atom is 0.0749 e. The second-order valence-electron chi connectivity index (χ2n) is 6.27. The summed E-state index contributed by atoms with van der Waals surface area (Å²) in [6.07, 6.45) is 7.25. The summed E-state index contributed by atoms with van der Waals surface area (Å²) in [5, 5.41) is 4.98. The highest BCUT2D eigenvalue weighted by atomic mass is 14.9. The number of rotatable bonds is 4. The Balaban J connectivity index is 2.09. The van der Waals surface area contributed by atoms with Crippen LogP contribution in [-0.2, 0) is 0 Å². The van der Waals surface area contributed by atoms with Crippen LogP contribution in [0.2, 0.25) is 0 Å². The summed E-state index contributed by atoms with van der Waals surface area (Å²) in [4.78, 5) is 4.65. The molecule has 0 spiro atoms. The van der Waals surface area contributed by atoms with E-state index in [0.717, 1.165) is 12.1 Å². The lowest BCUT2D eigenvalue weighted by molar-refractivity contribution is 0.227. The number of fused-ring (bicyclic) bond motifs is 1. The van der Waals surface area contributed by atoms with E-state index >= 15 is 0 Å². The second-order valence-corrected chi connectivity index (χ2v) is 6.27. The molecule has 0 amide bonds. The predicted molar refractivity (Wildman–Crippen MR) is 84.7 cm³/mol. The Bertz CT molecular complexity index is 579. The van der Waals surface area contributed by atoms with E-state index in [0.29, 0.717) is 11.5 Å². The zero-order valence-electron chi connectivity index (χ0n) is 12.5. The summed E-state index contributed by atoms with van der Waals surface area (Å²) in [7, 11) is 0. The van der Waals surface area contributed by atoms with Crippen LogP contribution in [0.3, 0.4) is 0 Å².